The quantitative estimate of drug-likeness (QED) is 0.722. The third kappa shape index (κ3) is 3.65. The molecule has 0 heterocycles. The van der Waals surface area contributed by atoms with Crippen LogP contribution in [0.4, 0.5) is 0 Å². The lowest BCUT2D eigenvalue weighted by Gasteiger charge is -2.16. The first-order valence-corrected chi connectivity index (χ1v) is 6.55. The Kier molecular flexibility index (Phi) is 4.68. The molecule has 0 unspecified atom stereocenters. The third-order valence-electron chi connectivity index (χ3n) is 3.26. The molecule has 2 aromatic rings. The van der Waals surface area contributed by atoms with Gasteiger partial charge >= 0.3 is 0 Å². The molecule has 2 atom stereocenters. The zero-order chi connectivity index (χ0) is 13.5. The SMILES string of the molecule is C[C@H](C=O)[C@@H](/C=C/c1ccccc1)c1ccccc1. The summed E-state index contributed by atoms with van der Waals surface area (Å²) in [5, 5.41) is 0. The van der Waals surface area contributed by atoms with E-state index >= 15 is 0 Å². The van der Waals surface area contributed by atoms with Gasteiger partial charge in [0.15, 0.2) is 0 Å². The molecular weight excluding hydrogens is 232 g/mol. The molecule has 0 saturated heterocycles. The first-order chi connectivity index (χ1) is 9.31. The summed E-state index contributed by atoms with van der Waals surface area (Å²) in [5.41, 5.74) is 2.33. The molecule has 0 aromatic heterocycles. The molecule has 19 heavy (non-hydrogen) atoms. The molecule has 2 aromatic carbocycles. The van der Waals surface area contributed by atoms with E-state index in [4.69, 9.17) is 0 Å². The van der Waals surface area contributed by atoms with E-state index in [9.17, 15) is 4.79 Å². The van der Waals surface area contributed by atoms with Gasteiger partial charge in [-0.3, -0.25) is 0 Å². The Bertz CT molecular complexity index is 528. The van der Waals surface area contributed by atoms with Crippen LogP contribution >= 0.6 is 0 Å². The number of carbonyl (C=O) groups is 1. The van der Waals surface area contributed by atoms with Crippen LogP contribution in [0.15, 0.2) is 66.7 Å². The predicted molar refractivity (Wildman–Crippen MR) is 79.9 cm³/mol. The summed E-state index contributed by atoms with van der Waals surface area (Å²) in [6.45, 7) is 1.96. The van der Waals surface area contributed by atoms with Crippen LogP contribution in [-0.2, 0) is 4.79 Å². The highest BCUT2D eigenvalue weighted by Gasteiger charge is 2.15. The molecule has 0 N–H and O–H groups in total. The van der Waals surface area contributed by atoms with Crippen LogP contribution in [0.2, 0.25) is 0 Å². The van der Waals surface area contributed by atoms with E-state index in [0.717, 1.165) is 11.8 Å². The van der Waals surface area contributed by atoms with Crippen LogP contribution in [0.5, 0.6) is 0 Å². The van der Waals surface area contributed by atoms with Crippen LogP contribution in [-0.4, -0.2) is 6.29 Å². The predicted octanol–water partition coefficient (Wildman–Crippen LogP) is 4.32. The van der Waals surface area contributed by atoms with Crippen LogP contribution in [0.1, 0.15) is 24.0 Å². The zero-order valence-corrected chi connectivity index (χ0v) is 11.1. The van der Waals surface area contributed by atoms with Crippen molar-refractivity contribution in [2.24, 2.45) is 5.92 Å². The second-order valence-corrected chi connectivity index (χ2v) is 4.70. The molecule has 0 aliphatic heterocycles. The van der Waals surface area contributed by atoms with Crippen molar-refractivity contribution in [2.45, 2.75) is 12.8 Å². The van der Waals surface area contributed by atoms with E-state index in [1.807, 2.05) is 43.3 Å². The Hall–Kier alpha value is -2.15. The van der Waals surface area contributed by atoms with Crippen LogP contribution in [0.3, 0.4) is 0 Å². The highest BCUT2D eigenvalue weighted by molar-refractivity contribution is 5.59. The summed E-state index contributed by atoms with van der Waals surface area (Å²) in [7, 11) is 0. The van der Waals surface area contributed by atoms with Crippen molar-refractivity contribution < 1.29 is 4.79 Å². The highest BCUT2D eigenvalue weighted by Crippen LogP contribution is 2.25. The fraction of sp³-hybridized carbons (Fsp3) is 0.167. The molecule has 0 aliphatic rings. The van der Waals surface area contributed by atoms with Crippen molar-refractivity contribution in [1.82, 2.24) is 0 Å². The number of aldehydes is 1. The van der Waals surface area contributed by atoms with Gasteiger partial charge in [-0.1, -0.05) is 79.7 Å². The summed E-state index contributed by atoms with van der Waals surface area (Å²) in [6, 6.07) is 20.3. The van der Waals surface area contributed by atoms with Crippen molar-refractivity contribution in [3.05, 3.63) is 77.9 Å². The Morgan fingerprint density at radius 3 is 2.05 bits per heavy atom. The monoisotopic (exact) mass is 250 g/mol. The van der Waals surface area contributed by atoms with Crippen molar-refractivity contribution in [3.63, 3.8) is 0 Å². The Morgan fingerprint density at radius 2 is 1.47 bits per heavy atom. The minimum absolute atomic E-state index is 0.0256. The molecule has 0 spiro atoms. The lowest BCUT2D eigenvalue weighted by molar-refractivity contribution is -0.110. The van der Waals surface area contributed by atoms with E-state index in [2.05, 4.69) is 36.4 Å². The van der Waals surface area contributed by atoms with E-state index in [1.54, 1.807) is 0 Å². The van der Waals surface area contributed by atoms with Gasteiger partial charge in [0, 0.05) is 11.8 Å². The molecule has 2 rings (SSSR count). The van der Waals surface area contributed by atoms with Crippen molar-refractivity contribution in [3.8, 4) is 0 Å². The van der Waals surface area contributed by atoms with Gasteiger partial charge in [-0.25, -0.2) is 0 Å². The van der Waals surface area contributed by atoms with Crippen LogP contribution in [0.25, 0.3) is 6.08 Å². The fourth-order valence-electron chi connectivity index (χ4n) is 2.13. The topological polar surface area (TPSA) is 17.1 Å². The number of allylic oxidation sites excluding steroid dienone is 1. The average molecular weight is 250 g/mol. The van der Waals surface area contributed by atoms with Gasteiger partial charge in [0.25, 0.3) is 0 Å². The lowest BCUT2D eigenvalue weighted by atomic mass is 9.87. The summed E-state index contributed by atoms with van der Waals surface area (Å²) >= 11 is 0. The minimum atomic E-state index is -0.0256. The lowest BCUT2D eigenvalue weighted by Crippen LogP contribution is -2.08. The Balaban J connectivity index is 2.25. The normalized spacial score (nSPS) is 14.2. The van der Waals surface area contributed by atoms with E-state index in [0.29, 0.717) is 0 Å². The van der Waals surface area contributed by atoms with Crippen molar-refractivity contribution in [2.75, 3.05) is 0 Å². The largest absolute Gasteiger partial charge is 0.303 e. The molecule has 1 nitrogen and oxygen atoms in total. The smallest absolute Gasteiger partial charge is 0.123 e. The molecular formula is C18H18O. The first-order valence-electron chi connectivity index (χ1n) is 6.55. The summed E-state index contributed by atoms with van der Waals surface area (Å²) in [5.74, 6) is 0.0984. The minimum Gasteiger partial charge on any atom is -0.303 e. The molecule has 0 aliphatic carbocycles. The van der Waals surface area contributed by atoms with Crippen molar-refractivity contribution in [1.29, 1.82) is 0 Å². The number of hydrogen-bond acceptors (Lipinski definition) is 1. The molecule has 0 amide bonds. The third-order valence-corrected chi connectivity index (χ3v) is 3.26. The van der Waals surface area contributed by atoms with Gasteiger partial charge in [0.1, 0.15) is 6.29 Å². The Labute approximate surface area is 114 Å². The number of hydrogen-bond donors (Lipinski definition) is 0. The standard InChI is InChI=1S/C18H18O/c1-15(14-19)18(17-10-6-3-7-11-17)13-12-16-8-4-2-5-9-16/h2-15,18H,1H3/b13-12+/t15-,18-/m1/s1. The summed E-state index contributed by atoms with van der Waals surface area (Å²) < 4.78 is 0. The Morgan fingerprint density at radius 1 is 0.895 bits per heavy atom. The maximum atomic E-state index is 11.1. The van der Waals surface area contributed by atoms with Gasteiger partial charge < -0.3 is 4.79 Å². The molecule has 0 bridgehead atoms. The van der Waals surface area contributed by atoms with E-state index in [1.165, 1.54) is 5.56 Å². The number of benzene rings is 2. The average Bonchev–Trinajstić information content (AvgIpc) is 2.49. The van der Waals surface area contributed by atoms with Crippen LogP contribution in [0, 0.1) is 5.92 Å². The second-order valence-electron chi connectivity index (χ2n) is 4.70. The molecule has 0 radical (unpaired) electrons. The van der Waals surface area contributed by atoms with E-state index < -0.39 is 0 Å². The summed E-state index contributed by atoms with van der Waals surface area (Å²) in [6.07, 6.45) is 5.22. The number of carbonyl (C=O) groups excluding carboxylic acids is 1. The van der Waals surface area contributed by atoms with Gasteiger partial charge in [0.05, 0.1) is 0 Å². The van der Waals surface area contributed by atoms with Gasteiger partial charge in [-0.2, -0.15) is 0 Å². The van der Waals surface area contributed by atoms with Gasteiger partial charge in [0.2, 0.25) is 0 Å². The molecule has 96 valence electrons. The fourth-order valence-corrected chi connectivity index (χ4v) is 2.13. The van der Waals surface area contributed by atoms with Gasteiger partial charge in [-0.05, 0) is 11.1 Å². The summed E-state index contributed by atoms with van der Waals surface area (Å²) in [4.78, 5) is 11.1. The maximum absolute atomic E-state index is 11.1. The van der Waals surface area contributed by atoms with Crippen molar-refractivity contribution >= 4 is 12.4 Å². The zero-order valence-electron chi connectivity index (χ0n) is 11.1. The first kappa shape index (κ1) is 13.3. The van der Waals surface area contributed by atoms with Crippen LogP contribution < -0.4 is 0 Å². The molecule has 0 fully saturated rings. The maximum Gasteiger partial charge on any atom is 0.123 e. The van der Waals surface area contributed by atoms with Gasteiger partial charge in [-0.15, -0.1) is 0 Å². The highest BCUT2D eigenvalue weighted by atomic mass is 16.1. The second kappa shape index (κ2) is 6.69. The molecule has 0 saturated carbocycles. The number of rotatable bonds is 5. The van der Waals surface area contributed by atoms with E-state index in [-0.39, 0.29) is 11.8 Å². The molecule has 1 heteroatoms.